The van der Waals surface area contributed by atoms with E-state index in [-0.39, 0.29) is 0 Å². The molecule has 0 aliphatic rings. The molecule has 0 heterocycles. The predicted molar refractivity (Wildman–Crippen MR) is 41.7 cm³/mol. The molecule has 54 valence electrons. The highest BCUT2D eigenvalue weighted by Gasteiger charge is 2.19. The van der Waals surface area contributed by atoms with Gasteiger partial charge in [-0.25, -0.2) is 0 Å². The first kappa shape index (κ1) is 9.39. The van der Waals surface area contributed by atoms with Crippen molar-refractivity contribution in [1.82, 2.24) is 0 Å². The van der Waals surface area contributed by atoms with E-state index in [1.807, 2.05) is 0 Å². The van der Waals surface area contributed by atoms with Gasteiger partial charge in [0.05, 0.1) is 6.10 Å². The number of primary amides is 1. The van der Waals surface area contributed by atoms with Gasteiger partial charge in [-0.05, 0) is 0 Å². The fraction of sp³-hybridized carbons (Fsp3) is 0.750. The number of aliphatic hydroxyl groups is 1. The van der Waals surface area contributed by atoms with E-state index in [0.717, 1.165) is 0 Å². The van der Waals surface area contributed by atoms with Crippen molar-refractivity contribution in [3.05, 3.63) is 0 Å². The molecular weight excluding hydrogens is 254 g/mol. The van der Waals surface area contributed by atoms with Gasteiger partial charge in [-0.15, -0.1) is 0 Å². The lowest BCUT2D eigenvalue weighted by atomic mass is 10.3. The third kappa shape index (κ3) is 3.17. The first-order chi connectivity index (χ1) is 4.09. The molecule has 1 amide bonds. The smallest absolute Gasteiger partial charge is 0.233 e. The molecule has 3 nitrogen and oxygen atoms in total. The summed E-state index contributed by atoms with van der Waals surface area (Å²) < 4.78 is 0. The van der Waals surface area contributed by atoms with E-state index in [2.05, 4.69) is 31.9 Å². The first-order valence-electron chi connectivity index (χ1n) is 2.27. The number of carbonyl (C=O) groups is 1. The average Bonchev–Trinajstić information content (AvgIpc) is 1.84. The van der Waals surface area contributed by atoms with Crippen molar-refractivity contribution in [1.29, 1.82) is 0 Å². The van der Waals surface area contributed by atoms with Gasteiger partial charge >= 0.3 is 0 Å². The van der Waals surface area contributed by atoms with E-state index in [1.54, 1.807) is 0 Å². The number of nitrogens with two attached hydrogens (primary N) is 1. The molecule has 0 aromatic rings. The van der Waals surface area contributed by atoms with Crippen LogP contribution in [0.4, 0.5) is 0 Å². The Morgan fingerprint density at radius 2 is 2.22 bits per heavy atom. The predicted octanol–water partition coefficient (Wildman–Crippen LogP) is -0.00900. The van der Waals surface area contributed by atoms with E-state index in [0.29, 0.717) is 5.33 Å². The third-order valence-electron chi connectivity index (χ3n) is 0.768. The maximum atomic E-state index is 10.3. The second-order valence-electron chi connectivity index (χ2n) is 1.53. The van der Waals surface area contributed by atoms with Crippen LogP contribution in [0.15, 0.2) is 0 Å². The Morgan fingerprint density at radius 3 is 2.33 bits per heavy atom. The molecule has 0 spiro atoms. The Morgan fingerprint density at radius 1 is 1.78 bits per heavy atom. The van der Waals surface area contributed by atoms with E-state index in [4.69, 9.17) is 10.8 Å². The second kappa shape index (κ2) is 4.24. The average molecular weight is 261 g/mol. The minimum atomic E-state index is -0.748. The molecule has 3 N–H and O–H groups in total. The number of amides is 1. The molecule has 0 fully saturated rings. The summed E-state index contributed by atoms with van der Waals surface area (Å²) >= 11 is 5.91. The van der Waals surface area contributed by atoms with Crippen LogP contribution in [0.2, 0.25) is 0 Å². The van der Waals surface area contributed by atoms with Crippen molar-refractivity contribution in [2.24, 2.45) is 5.73 Å². The van der Waals surface area contributed by atoms with Crippen molar-refractivity contribution < 1.29 is 9.90 Å². The van der Waals surface area contributed by atoms with Crippen LogP contribution in [0.25, 0.3) is 0 Å². The van der Waals surface area contributed by atoms with Gasteiger partial charge in [0.1, 0.15) is 4.83 Å². The topological polar surface area (TPSA) is 63.3 Å². The fourth-order valence-electron chi connectivity index (χ4n) is 0.268. The summed E-state index contributed by atoms with van der Waals surface area (Å²) in [6.45, 7) is 0. The largest absolute Gasteiger partial charge is 0.391 e. The molecule has 0 aromatic carbocycles. The Bertz CT molecular complexity index is 109. The number of alkyl halides is 2. The molecule has 9 heavy (non-hydrogen) atoms. The number of hydrogen-bond acceptors (Lipinski definition) is 2. The van der Waals surface area contributed by atoms with E-state index in [1.165, 1.54) is 0 Å². The normalized spacial score (nSPS) is 16.8. The molecule has 2 atom stereocenters. The lowest BCUT2D eigenvalue weighted by Gasteiger charge is -2.09. The summed E-state index contributed by atoms with van der Waals surface area (Å²) in [5.74, 6) is -0.554. The van der Waals surface area contributed by atoms with Gasteiger partial charge < -0.3 is 10.8 Å². The van der Waals surface area contributed by atoms with Crippen LogP contribution in [0, 0.1) is 0 Å². The van der Waals surface area contributed by atoms with Crippen LogP contribution in [0.3, 0.4) is 0 Å². The molecular formula is C4H7Br2NO2. The van der Waals surface area contributed by atoms with Gasteiger partial charge in [0.15, 0.2) is 0 Å². The van der Waals surface area contributed by atoms with E-state index < -0.39 is 16.8 Å². The zero-order chi connectivity index (χ0) is 7.44. The van der Waals surface area contributed by atoms with Gasteiger partial charge in [0.2, 0.25) is 5.91 Å². The highest BCUT2D eigenvalue weighted by atomic mass is 79.9. The minimum Gasteiger partial charge on any atom is -0.391 e. The molecule has 0 saturated carbocycles. The molecule has 0 radical (unpaired) electrons. The highest BCUT2D eigenvalue weighted by Crippen LogP contribution is 2.06. The van der Waals surface area contributed by atoms with Gasteiger partial charge in [0.25, 0.3) is 0 Å². The van der Waals surface area contributed by atoms with Crippen molar-refractivity contribution >= 4 is 37.8 Å². The number of carbonyl (C=O) groups excluding carboxylic acids is 1. The SMILES string of the molecule is NC(=O)C(Br)C(O)CBr. The Balaban J connectivity index is 3.72. The molecule has 5 heteroatoms. The summed E-state index contributed by atoms with van der Waals surface area (Å²) in [5.41, 5.74) is 4.85. The molecule has 0 rings (SSSR count). The number of aliphatic hydroxyl groups excluding tert-OH is 1. The fourth-order valence-corrected chi connectivity index (χ4v) is 1.33. The Kier molecular flexibility index (Phi) is 4.43. The number of halogens is 2. The summed E-state index contributed by atoms with van der Waals surface area (Å²) in [6, 6.07) is 0. The van der Waals surface area contributed by atoms with Crippen LogP contribution in [0.1, 0.15) is 0 Å². The zero-order valence-electron chi connectivity index (χ0n) is 4.55. The summed E-state index contributed by atoms with van der Waals surface area (Å²) in [4.78, 5) is 9.64. The molecule has 0 aliphatic carbocycles. The maximum absolute atomic E-state index is 10.3. The molecule has 0 aromatic heterocycles. The minimum absolute atomic E-state index is 0.339. The highest BCUT2D eigenvalue weighted by molar-refractivity contribution is 9.10. The Labute approximate surface area is 69.9 Å². The van der Waals surface area contributed by atoms with Crippen LogP contribution >= 0.6 is 31.9 Å². The molecule has 2 unspecified atom stereocenters. The summed E-state index contributed by atoms with van der Waals surface area (Å²) in [6.07, 6.45) is -0.748. The quantitative estimate of drug-likeness (QED) is 0.702. The second-order valence-corrected chi connectivity index (χ2v) is 3.16. The van der Waals surface area contributed by atoms with Gasteiger partial charge in [-0.3, -0.25) is 4.79 Å². The van der Waals surface area contributed by atoms with Crippen LogP contribution in [-0.2, 0) is 4.79 Å². The van der Waals surface area contributed by atoms with Crippen molar-refractivity contribution in [2.45, 2.75) is 10.9 Å². The summed E-state index contributed by atoms with van der Waals surface area (Å²) in [5, 5.41) is 9.24. The summed E-state index contributed by atoms with van der Waals surface area (Å²) in [7, 11) is 0. The standard InChI is InChI=1S/C4H7Br2NO2/c5-1-2(8)3(6)4(7)9/h2-3,8H,1H2,(H2,7,9). The molecule has 0 bridgehead atoms. The first-order valence-corrected chi connectivity index (χ1v) is 4.30. The van der Waals surface area contributed by atoms with Crippen LogP contribution in [0.5, 0.6) is 0 Å². The van der Waals surface area contributed by atoms with Crippen molar-refractivity contribution in [2.75, 3.05) is 5.33 Å². The lowest BCUT2D eigenvalue weighted by molar-refractivity contribution is -0.118. The monoisotopic (exact) mass is 259 g/mol. The van der Waals surface area contributed by atoms with Crippen LogP contribution < -0.4 is 5.73 Å². The van der Waals surface area contributed by atoms with E-state index >= 15 is 0 Å². The third-order valence-corrected chi connectivity index (χ3v) is 2.49. The number of hydrogen-bond donors (Lipinski definition) is 2. The molecule has 0 aliphatic heterocycles. The van der Waals surface area contributed by atoms with Gasteiger partial charge in [0, 0.05) is 5.33 Å². The van der Waals surface area contributed by atoms with Gasteiger partial charge in [-0.1, -0.05) is 31.9 Å². The van der Waals surface area contributed by atoms with Gasteiger partial charge in [-0.2, -0.15) is 0 Å². The van der Waals surface area contributed by atoms with Crippen molar-refractivity contribution in [3.8, 4) is 0 Å². The molecule has 0 saturated heterocycles. The maximum Gasteiger partial charge on any atom is 0.233 e. The Hall–Kier alpha value is 0.390. The van der Waals surface area contributed by atoms with E-state index in [9.17, 15) is 4.79 Å². The number of rotatable bonds is 3. The van der Waals surface area contributed by atoms with Crippen LogP contribution in [-0.4, -0.2) is 27.3 Å². The lowest BCUT2D eigenvalue weighted by Crippen LogP contribution is -2.34. The zero-order valence-corrected chi connectivity index (χ0v) is 7.72. The van der Waals surface area contributed by atoms with Crippen molar-refractivity contribution in [3.63, 3.8) is 0 Å².